The summed E-state index contributed by atoms with van der Waals surface area (Å²) >= 11 is 0. The fraction of sp³-hybridized carbons (Fsp3) is 0.444. The van der Waals surface area contributed by atoms with Crippen LogP contribution in [0, 0.1) is 0 Å². The monoisotopic (exact) mass is 163 g/mol. The van der Waals surface area contributed by atoms with Crippen molar-refractivity contribution in [3.8, 4) is 0 Å². The van der Waals surface area contributed by atoms with Gasteiger partial charge in [-0.25, -0.2) is 4.98 Å². The van der Waals surface area contributed by atoms with Crippen molar-refractivity contribution in [2.45, 2.75) is 25.3 Å². The molecule has 0 atom stereocenters. The van der Waals surface area contributed by atoms with Crippen LogP contribution in [0.2, 0.25) is 0 Å². The molecule has 2 rings (SSSR count). The van der Waals surface area contributed by atoms with E-state index in [0.717, 1.165) is 18.1 Å². The lowest BCUT2D eigenvalue weighted by molar-refractivity contribution is 0.832. The van der Waals surface area contributed by atoms with Gasteiger partial charge in [0.05, 0.1) is 12.0 Å². The zero-order valence-electron chi connectivity index (χ0n) is 7.03. The van der Waals surface area contributed by atoms with Crippen LogP contribution in [0.25, 0.3) is 0 Å². The second kappa shape index (κ2) is 2.66. The second-order valence-electron chi connectivity index (χ2n) is 3.23. The Kier molecular flexibility index (Phi) is 1.64. The van der Waals surface area contributed by atoms with Crippen LogP contribution in [-0.4, -0.2) is 9.55 Å². The summed E-state index contributed by atoms with van der Waals surface area (Å²) < 4.78 is 1.93. The summed E-state index contributed by atoms with van der Waals surface area (Å²) in [6.07, 6.45) is 6.12. The van der Waals surface area contributed by atoms with Gasteiger partial charge >= 0.3 is 0 Å². The van der Waals surface area contributed by atoms with E-state index < -0.39 is 0 Å². The average molecular weight is 163 g/mol. The number of hydrogen-bond acceptors (Lipinski definition) is 2. The summed E-state index contributed by atoms with van der Waals surface area (Å²) in [6, 6.07) is 0. The predicted octanol–water partition coefficient (Wildman–Crippen LogP) is 1.53. The number of rotatable bonds is 3. The fourth-order valence-electron chi connectivity index (χ4n) is 1.36. The maximum atomic E-state index is 5.88. The summed E-state index contributed by atoms with van der Waals surface area (Å²) in [5, 5.41) is 0. The number of nitrogens with two attached hydrogens (primary N) is 1. The van der Waals surface area contributed by atoms with Gasteiger partial charge in [-0.15, -0.1) is 6.58 Å². The summed E-state index contributed by atoms with van der Waals surface area (Å²) in [7, 11) is 0. The first kappa shape index (κ1) is 7.40. The first-order valence-electron chi connectivity index (χ1n) is 4.24. The van der Waals surface area contributed by atoms with E-state index in [2.05, 4.69) is 11.6 Å². The second-order valence-corrected chi connectivity index (χ2v) is 3.23. The van der Waals surface area contributed by atoms with Crippen molar-refractivity contribution in [3.05, 3.63) is 24.7 Å². The molecule has 0 bridgehead atoms. The average Bonchev–Trinajstić information content (AvgIpc) is 2.82. The highest BCUT2D eigenvalue weighted by Crippen LogP contribution is 2.41. The third-order valence-corrected chi connectivity index (χ3v) is 2.20. The molecule has 12 heavy (non-hydrogen) atoms. The summed E-state index contributed by atoms with van der Waals surface area (Å²) in [5.41, 5.74) is 6.96. The minimum atomic E-state index is 0.635. The highest BCUT2D eigenvalue weighted by atomic mass is 15.1. The molecule has 64 valence electrons. The standard InChI is InChI=1S/C9H13N3/c1-2-5-12-6-11-8(9(12)10)7-3-4-7/h2,6-7H,1,3-5,10H2. The Morgan fingerprint density at radius 1 is 1.75 bits per heavy atom. The highest BCUT2D eigenvalue weighted by molar-refractivity contribution is 5.40. The molecule has 1 aromatic rings. The number of aromatic nitrogens is 2. The molecule has 1 saturated carbocycles. The van der Waals surface area contributed by atoms with Crippen molar-refractivity contribution in [1.82, 2.24) is 9.55 Å². The molecular formula is C9H13N3. The lowest BCUT2D eigenvalue weighted by atomic mass is 10.3. The predicted molar refractivity (Wildman–Crippen MR) is 48.8 cm³/mol. The SMILES string of the molecule is C=CCn1cnc(C2CC2)c1N. The molecule has 1 aliphatic carbocycles. The van der Waals surface area contributed by atoms with Crippen LogP contribution in [0.5, 0.6) is 0 Å². The van der Waals surface area contributed by atoms with Crippen molar-refractivity contribution in [3.63, 3.8) is 0 Å². The van der Waals surface area contributed by atoms with Crippen LogP contribution in [0.1, 0.15) is 24.5 Å². The maximum Gasteiger partial charge on any atom is 0.127 e. The summed E-state index contributed by atoms with van der Waals surface area (Å²) in [5.74, 6) is 1.45. The van der Waals surface area contributed by atoms with Gasteiger partial charge in [0.1, 0.15) is 5.82 Å². The molecule has 0 amide bonds. The Morgan fingerprint density at radius 3 is 3.08 bits per heavy atom. The molecule has 2 N–H and O–H groups in total. The van der Waals surface area contributed by atoms with Crippen molar-refractivity contribution in [2.24, 2.45) is 0 Å². The van der Waals surface area contributed by atoms with Crippen molar-refractivity contribution in [2.75, 3.05) is 5.73 Å². The number of hydrogen-bond donors (Lipinski definition) is 1. The zero-order valence-corrected chi connectivity index (χ0v) is 7.03. The van der Waals surface area contributed by atoms with Crippen LogP contribution >= 0.6 is 0 Å². The molecule has 3 nitrogen and oxygen atoms in total. The third kappa shape index (κ3) is 1.11. The van der Waals surface area contributed by atoms with E-state index in [1.807, 2.05) is 10.6 Å². The minimum Gasteiger partial charge on any atom is -0.384 e. The van der Waals surface area contributed by atoms with Gasteiger partial charge in [-0.3, -0.25) is 0 Å². The molecule has 0 radical (unpaired) electrons. The van der Waals surface area contributed by atoms with Gasteiger partial charge in [0, 0.05) is 12.5 Å². The van der Waals surface area contributed by atoms with Crippen LogP contribution in [-0.2, 0) is 6.54 Å². The lowest BCUT2D eigenvalue weighted by Gasteiger charge is -2.00. The Labute approximate surface area is 71.9 Å². The molecule has 1 fully saturated rings. The summed E-state index contributed by atoms with van der Waals surface area (Å²) in [6.45, 7) is 4.42. The van der Waals surface area contributed by atoms with E-state index in [1.54, 1.807) is 6.33 Å². The van der Waals surface area contributed by atoms with Crippen molar-refractivity contribution < 1.29 is 0 Å². The van der Waals surface area contributed by atoms with Gasteiger partial charge in [-0.1, -0.05) is 6.08 Å². The van der Waals surface area contributed by atoms with Gasteiger partial charge in [-0.05, 0) is 12.8 Å². The Hall–Kier alpha value is -1.25. The number of anilines is 1. The molecular weight excluding hydrogens is 150 g/mol. The third-order valence-electron chi connectivity index (χ3n) is 2.20. The maximum absolute atomic E-state index is 5.88. The van der Waals surface area contributed by atoms with Crippen molar-refractivity contribution in [1.29, 1.82) is 0 Å². The van der Waals surface area contributed by atoms with E-state index in [1.165, 1.54) is 12.8 Å². The number of imidazole rings is 1. The zero-order chi connectivity index (χ0) is 8.55. The van der Waals surface area contributed by atoms with Gasteiger partial charge in [0.15, 0.2) is 0 Å². The molecule has 0 unspecified atom stereocenters. The van der Waals surface area contributed by atoms with Crippen LogP contribution in [0.4, 0.5) is 5.82 Å². The minimum absolute atomic E-state index is 0.635. The van der Waals surface area contributed by atoms with Gasteiger partial charge < -0.3 is 10.3 Å². The Balaban J connectivity index is 2.26. The Morgan fingerprint density at radius 2 is 2.50 bits per heavy atom. The Bertz CT molecular complexity index is 297. The molecule has 0 aliphatic heterocycles. The molecule has 0 saturated heterocycles. The topological polar surface area (TPSA) is 43.8 Å². The molecule has 3 heteroatoms. The molecule has 1 heterocycles. The lowest BCUT2D eigenvalue weighted by Crippen LogP contribution is -2.00. The number of nitrogens with zero attached hydrogens (tertiary/aromatic N) is 2. The first-order chi connectivity index (χ1) is 5.83. The van der Waals surface area contributed by atoms with Gasteiger partial charge in [0.25, 0.3) is 0 Å². The largest absolute Gasteiger partial charge is 0.384 e. The molecule has 0 spiro atoms. The molecule has 1 aliphatic rings. The normalized spacial score (nSPS) is 16.3. The number of nitrogen functional groups attached to an aromatic ring is 1. The smallest absolute Gasteiger partial charge is 0.127 e. The van der Waals surface area contributed by atoms with E-state index in [0.29, 0.717) is 5.92 Å². The number of allylic oxidation sites excluding steroid dienone is 1. The van der Waals surface area contributed by atoms with E-state index in [-0.39, 0.29) is 0 Å². The van der Waals surface area contributed by atoms with E-state index >= 15 is 0 Å². The van der Waals surface area contributed by atoms with Crippen LogP contribution in [0.15, 0.2) is 19.0 Å². The highest BCUT2D eigenvalue weighted by Gasteiger charge is 2.28. The fourth-order valence-corrected chi connectivity index (χ4v) is 1.36. The van der Waals surface area contributed by atoms with E-state index in [4.69, 9.17) is 5.73 Å². The van der Waals surface area contributed by atoms with Crippen LogP contribution < -0.4 is 5.73 Å². The molecule has 1 aromatic heterocycles. The van der Waals surface area contributed by atoms with Crippen molar-refractivity contribution >= 4 is 5.82 Å². The molecule has 0 aromatic carbocycles. The quantitative estimate of drug-likeness (QED) is 0.687. The van der Waals surface area contributed by atoms with Crippen LogP contribution in [0.3, 0.4) is 0 Å². The van der Waals surface area contributed by atoms with Gasteiger partial charge in [0.2, 0.25) is 0 Å². The first-order valence-corrected chi connectivity index (χ1v) is 4.24. The van der Waals surface area contributed by atoms with E-state index in [9.17, 15) is 0 Å². The summed E-state index contributed by atoms with van der Waals surface area (Å²) in [4.78, 5) is 4.29. The van der Waals surface area contributed by atoms with Gasteiger partial charge in [-0.2, -0.15) is 0 Å².